The van der Waals surface area contributed by atoms with Crippen molar-refractivity contribution in [1.82, 2.24) is 0 Å². The summed E-state index contributed by atoms with van der Waals surface area (Å²) in [6, 6.07) is 0. The van der Waals surface area contributed by atoms with Crippen LogP contribution >= 0.6 is 0 Å². The number of hydrogen-bond acceptors (Lipinski definition) is 4. The van der Waals surface area contributed by atoms with Crippen molar-refractivity contribution in [2.24, 2.45) is 0 Å². The zero-order valence-corrected chi connectivity index (χ0v) is 11.7. The van der Waals surface area contributed by atoms with Gasteiger partial charge >= 0.3 is 0 Å². The molecular weight excluding hydrogens is 223 g/mol. The third kappa shape index (κ3) is 6.21. The smallest absolute Gasteiger partial charge is 0.137 e. The van der Waals surface area contributed by atoms with Gasteiger partial charge < -0.3 is 0 Å². The zero-order valence-electron chi connectivity index (χ0n) is 7.28. The van der Waals surface area contributed by atoms with Crippen LogP contribution < -0.4 is 0 Å². The second kappa shape index (κ2) is 7.06. The van der Waals surface area contributed by atoms with E-state index in [1.54, 1.807) is 0 Å². The van der Waals surface area contributed by atoms with Crippen molar-refractivity contribution in [3.8, 4) is 0 Å². The SMILES string of the molecule is S=S1(=S)OCCCCCCO1.[Na]. The van der Waals surface area contributed by atoms with Crippen LogP contribution in [0.25, 0.3) is 0 Å². The van der Waals surface area contributed by atoms with Gasteiger partial charge in [-0.1, -0.05) is 12.8 Å². The van der Waals surface area contributed by atoms with Crippen LogP contribution in [0.1, 0.15) is 25.7 Å². The maximum Gasteiger partial charge on any atom is 0.137 e. The van der Waals surface area contributed by atoms with Crippen molar-refractivity contribution in [1.29, 1.82) is 0 Å². The summed E-state index contributed by atoms with van der Waals surface area (Å²) < 4.78 is 10.5. The Bertz CT molecular complexity index is 187. The Labute approximate surface area is 106 Å². The van der Waals surface area contributed by atoms with Gasteiger partial charge in [0.2, 0.25) is 0 Å². The molecule has 1 fully saturated rings. The van der Waals surface area contributed by atoms with Gasteiger partial charge in [-0.15, -0.1) is 0 Å². The van der Waals surface area contributed by atoms with E-state index in [1.165, 1.54) is 12.8 Å². The van der Waals surface area contributed by atoms with E-state index in [1.807, 2.05) is 0 Å². The fourth-order valence-corrected chi connectivity index (χ4v) is 2.44. The molecule has 0 aromatic carbocycles. The topological polar surface area (TPSA) is 18.5 Å². The Morgan fingerprint density at radius 2 is 1.25 bits per heavy atom. The molecule has 1 heterocycles. The second-order valence-corrected chi connectivity index (χ2v) is 7.02. The van der Waals surface area contributed by atoms with Crippen molar-refractivity contribution in [2.45, 2.75) is 25.7 Å². The van der Waals surface area contributed by atoms with Crippen LogP contribution in [0.2, 0.25) is 0 Å². The van der Waals surface area contributed by atoms with Crippen LogP contribution in [0.5, 0.6) is 0 Å². The molecule has 0 amide bonds. The predicted octanol–water partition coefficient (Wildman–Crippen LogP) is 1.12. The van der Waals surface area contributed by atoms with Crippen molar-refractivity contribution < 1.29 is 8.37 Å². The molecule has 0 saturated carbocycles. The Morgan fingerprint density at radius 1 is 0.833 bits per heavy atom. The van der Waals surface area contributed by atoms with Crippen molar-refractivity contribution in [2.75, 3.05) is 13.2 Å². The van der Waals surface area contributed by atoms with Crippen LogP contribution in [-0.4, -0.2) is 42.8 Å². The quantitative estimate of drug-likeness (QED) is 0.586. The Balaban J connectivity index is 0.00000121. The number of hydrogen-bond donors (Lipinski definition) is 0. The van der Waals surface area contributed by atoms with E-state index in [-0.39, 0.29) is 29.6 Å². The van der Waals surface area contributed by atoms with E-state index in [9.17, 15) is 0 Å². The van der Waals surface area contributed by atoms with E-state index in [0.29, 0.717) is 13.2 Å². The van der Waals surface area contributed by atoms with Gasteiger partial charge in [0.15, 0.2) is 0 Å². The minimum absolute atomic E-state index is 0. The fraction of sp³-hybridized carbons (Fsp3) is 1.00. The molecule has 0 bridgehead atoms. The normalized spacial score (nSPS) is 24.3. The molecule has 0 unspecified atom stereocenters. The first-order chi connectivity index (χ1) is 5.21. The maximum absolute atomic E-state index is 5.24. The second-order valence-electron chi connectivity index (χ2n) is 2.47. The molecule has 2 nitrogen and oxygen atoms in total. The molecule has 1 saturated heterocycles. The average molecular weight is 235 g/mol. The van der Waals surface area contributed by atoms with Gasteiger partial charge in [-0.3, -0.25) is 8.37 Å². The van der Waals surface area contributed by atoms with Crippen molar-refractivity contribution in [3.63, 3.8) is 0 Å². The summed E-state index contributed by atoms with van der Waals surface area (Å²) in [5.41, 5.74) is 0. The molecule has 0 aromatic heterocycles. The molecule has 0 aromatic rings. The molecule has 1 aliphatic heterocycles. The summed E-state index contributed by atoms with van der Waals surface area (Å²) in [7, 11) is -2.00. The van der Waals surface area contributed by atoms with Gasteiger partial charge in [0.25, 0.3) is 0 Å². The maximum atomic E-state index is 5.24. The predicted molar refractivity (Wildman–Crippen MR) is 58.2 cm³/mol. The summed E-state index contributed by atoms with van der Waals surface area (Å²) in [5.74, 6) is 0. The molecule has 1 rings (SSSR count). The van der Waals surface area contributed by atoms with Gasteiger partial charge in [-0.2, -0.15) is 0 Å². The van der Waals surface area contributed by atoms with Crippen molar-refractivity contribution in [3.05, 3.63) is 0 Å². The minimum Gasteiger partial charge on any atom is -0.290 e. The Morgan fingerprint density at radius 3 is 1.67 bits per heavy atom. The third-order valence-electron chi connectivity index (χ3n) is 1.49. The minimum atomic E-state index is -2.00. The molecule has 67 valence electrons. The third-order valence-corrected chi connectivity index (χ3v) is 3.56. The summed E-state index contributed by atoms with van der Waals surface area (Å²) in [5, 5.41) is 0. The average Bonchev–Trinajstić information content (AvgIpc) is 2.00. The van der Waals surface area contributed by atoms with Crippen LogP contribution in [0.15, 0.2) is 0 Å². The molecule has 1 radical (unpaired) electrons. The molecule has 12 heavy (non-hydrogen) atoms. The van der Waals surface area contributed by atoms with E-state index in [0.717, 1.165) is 12.8 Å². The van der Waals surface area contributed by atoms with E-state index in [4.69, 9.17) is 30.7 Å². The Kier molecular flexibility index (Phi) is 8.07. The summed E-state index contributed by atoms with van der Waals surface area (Å²) in [6.07, 6.45) is 4.52. The fourth-order valence-electron chi connectivity index (χ4n) is 0.914. The number of rotatable bonds is 0. The first kappa shape index (κ1) is 13.7. The van der Waals surface area contributed by atoms with Crippen LogP contribution in [0.3, 0.4) is 0 Å². The van der Waals surface area contributed by atoms with E-state index >= 15 is 0 Å². The van der Waals surface area contributed by atoms with E-state index < -0.39 is 7.71 Å². The van der Waals surface area contributed by atoms with Crippen LogP contribution in [0.4, 0.5) is 0 Å². The molecule has 1 aliphatic rings. The van der Waals surface area contributed by atoms with Gasteiger partial charge in [0.1, 0.15) is 7.71 Å². The first-order valence-electron chi connectivity index (χ1n) is 3.74. The molecule has 0 atom stereocenters. The monoisotopic (exact) mass is 235 g/mol. The Hall–Kier alpha value is 1.71. The van der Waals surface area contributed by atoms with Crippen molar-refractivity contribution >= 4 is 59.6 Å². The van der Waals surface area contributed by atoms with Gasteiger partial charge in [0.05, 0.1) is 13.2 Å². The summed E-state index contributed by atoms with van der Waals surface area (Å²) in [4.78, 5) is 0. The van der Waals surface area contributed by atoms with Crippen LogP contribution in [-0.2, 0) is 38.5 Å². The standard InChI is InChI=1S/C6H12O2S3.Na/c9-11(10)7-5-3-1-2-4-6-8-11;/h1-6H2;. The molecule has 6 heteroatoms. The first-order valence-corrected chi connectivity index (χ1v) is 7.08. The van der Waals surface area contributed by atoms with Gasteiger partial charge in [-0.05, 0) is 12.8 Å². The largest absolute Gasteiger partial charge is 0.290 e. The summed E-state index contributed by atoms with van der Waals surface area (Å²) >= 11 is 9.91. The van der Waals surface area contributed by atoms with Gasteiger partial charge in [-0.25, -0.2) is 0 Å². The van der Waals surface area contributed by atoms with E-state index in [2.05, 4.69) is 0 Å². The summed E-state index contributed by atoms with van der Waals surface area (Å²) in [6.45, 7) is 1.34. The molecule has 0 spiro atoms. The molecule has 0 N–H and O–H groups in total. The molecular formula is C6H12NaO2S3. The zero-order chi connectivity index (χ0) is 8.16. The van der Waals surface area contributed by atoms with Gasteiger partial charge in [0, 0.05) is 51.9 Å². The molecule has 0 aliphatic carbocycles. The van der Waals surface area contributed by atoms with Crippen LogP contribution in [0, 0.1) is 0 Å².